The smallest absolute Gasteiger partial charge is 0.243 e. The maximum absolute atomic E-state index is 12.6. The summed E-state index contributed by atoms with van der Waals surface area (Å²) in [4.78, 5) is 2.80. The minimum atomic E-state index is -3.39. The molecule has 6 heteroatoms. The zero-order valence-electron chi connectivity index (χ0n) is 14.9. The van der Waals surface area contributed by atoms with E-state index >= 15 is 0 Å². The van der Waals surface area contributed by atoms with E-state index < -0.39 is 10.0 Å². The Balaban J connectivity index is 1.62. The first kappa shape index (κ1) is 17.9. The molecule has 2 heterocycles. The van der Waals surface area contributed by atoms with E-state index in [-0.39, 0.29) is 0 Å². The minimum absolute atomic E-state index is 0.378. The maximum atomic E-state index is 12.6. The van der Waals surface area contributed by atoms with Gasteiger partial charge in [-0.3, -0.25) is 4.90 Å². The second kappa shape index (κ2) is 6.75. The van der Waals surface area contributed by atoms with E-state index in [1.165, 1.54) is 9.87 Å². The zero-order valence-corrected chi connectivity index (χ0v) is 15.7. The molecular formula is C18H28N2O3S. The van der Waals surface area contributed by atoms with E-state index in [4.69, 9.17) is 4.74 Å². The molecule has 0 aromatic heterocycles. The second-order valence-corrected chi connectivity index (χ2v) is 9.55. The highest BCUT2D eigenvalue weighted by Crippen LogP contribution is 2.37. The van der Waals surface area contributed by atoms with Crippen molar-refractivity contribution >= 4 is 10.0 Å². The normalized spacial score (nSPS) is 22.5. The molecule has 0 unspecified atom stereocenters. The van der Waals surface area contributed by atoms with Crippen molar-refractivity contribution in [3.8, 4) is 0 Å². The standard InChI is InChI=1S/C18H28N2O3S/c1-15(2)18(3)13-19(14-18)12-16-4-6-17(7-5-16)24(21,22)20-8-10-23-11-9-20/h4-7,15H,8-14H2,1-3H3. The van der Waals surface area contributed by atoms with Gasteiger partial charge in [0.2, 0.25) is 10.0 Å². The molecule has 0 N–H and O–H groups in total. The van der Waals surface area contributed by atoms with Gasteiger partial charge in [0.1, 0.15) is 0 Å². The third kappa shape index (κ3) is 3.52. The first-order valence-corrected chi connectivity index (χ1v) is 10.1. The summed E-state index contributed by atoms with van der Waals surface area (Å²) in [5.74, 6) is 0.690. The monoisotopic (exact) mass is 352 g/mol. The summed E-state index contributed by atoms with van der Waals surface area (Å²) in [5.41, 5.74) is 1.58. The lowest BCUT2D eigenvalue weighted by atomic mass is 9.72. The van der Waals surface area contributed by atoms with Crippen LogP contribution in [0.5, 0.6) is 0 Å². The van der Waals surface area contributed by atoms with E-state index in [0.29, 0.717) is 42.5 Å². The van der Waals surface area contributed by atoms with Crippen molar-refractivity contribution in [2.45, 2.75) is 32.2 Å². The molecule has 0 radical (unpaired) electrons. The molecule has 24 heavy (non-hydrogen) atoms. The Kier molecular flexibility index (Phi) is 5.02. The van der Waals surface area contributed by atoms with Crippen molar-refractivity contribution in [2.75, 3.05) is 39.4 Å². The SMILES string of the molecule is CC(C)C1(C)CN(Cc2ccc(S(=O)(=O)N3CCOCC3)cc2)C1. The van der Waals surface area contributed by atoms with Crippen LogP contribution in [0.1, 0.15) is 26.3 Å². The minimum Gasteiger partial charge on any atom is -0.379 e. The molecule has 2 aliphatic rings. The fraction of sp³-hybridized carbons (Fsp3) is 0.667. The van der Waals surface area contributed by atoms with Gasteiger partial charge in [-0.05, 0) is 29.0 Å². The molecule has 0 saturated carbocycles. The predicted octanol–water partition coefficient (Wildman–Crippen LogP) is 2.19. The van der Waals surface area contributed by atoms with Gasteiger partial charge in [-0.1, -0.05) is 32.9 Å². The van der Waals surface area contributed by atoms with Crippen LogP contribution in [0.25, 0.3) is 0 Å². The first-order valence-electron chi connectivity index (χ1n) is 8.70. The molecule has 2 aliphatic heterocycles. The molecular weight excluding hydrogens is 324 g/mol. The van der Waals surface area contributed by atoms with Crippen LogP contribution < -0.4 is 0 Å². The van der Waals surface area contributed by atoms with Gasteiger partial charge in [0.05, 0.1) is 18.1 Å². The number of benzene rings is 1. The second-order valence-electron chi connectivity index (χ2n) is 7.61. The third-order valence-electron chi connectivity index (χ3n) is 5.50. The molecule has 2 fully saturated rings. The van der Waals surface area contributed by atoms with E-state index in [2.05, 4.69) is 25.7 Å². The number of morpholine rings is 1. The Bertz CT molecular complexity index is 658. The largest absolute Gasteiger partial charge is 0.379 e. The molecule has 134 valence electrons. The fourth-order valence-electron chi connectivity index (χ4n) is 3.41. The summed E-state index contributed by atoms with van der Waals surface area (Å²) < 4.78 is 32.0. The Morgan fingerprint density at radius 2 is 1.71 bits per heavy atom. The van der Waals surface area contributed by atoms with Crippen LogP contribution in [0.4, 0.5) is 0 Å². The van der Waals surface area contributed by atoms with Gasteiger partial charge in [0.15, 0.2) is 0 Å². The van der Waals surface area contributed by atoms with Gasteiger partial charge in [-0.25, -0.2) is 8.42 Å². The molecule has 0 amide bonds. The van der Waals surface area contributed by atoms with Crippen LogP contribution in [-0.4, -0.2) is 57.0 Å². The van der Waals surface area contributed by atoms with Crippen LogP contribution >= 0.6 is 0 Å². The summed E-state index contributed by atoms with van der Waals surface area (Å²) >= 11 is 0. The van der Waals surface area contributed by atoms with E-state index in [1.54, 1.807) is 12.1 Å². The molecule has 0 atom stereocenters. The summed E-state index contributed by atoms with van der Waals surface area (Å²) in [7, 11) is -3.39. The average Bonchev–Trinajstić information content (AvgIpc) is 2.54. The van der Waals surface area contributed by atoms with Gasteiger partial charge < -0.3 is 4.74 Å². The van der Waals surface area contributed by atoms with Crippen molar-refractivity contribution in [3.05, 3.63) is 29.8 Å². The highest BCUT2D eigenvalue weighted by molar-refractivity contribution is 7.89. The molecule has 1 aromatic rings. The number of hydrogen-bond donors (Lipinski definition) is 0. The summed E-state index contributed by atoms with van der Waals surface area (Å²) in [5, 5.41) is 0. The van der Waals surface area contributed by atoms with Crippen molar-refractivity contribution in [1.29, 1.82) is 0 Å². The quantitative estimate of drug-likeness (QED) is 0.815. The number of rotatable bonds is 5. The maximum Gasteiger partial charge on any atom is 0.243 e. The lowest BCUT2D eigenvalue weighted by molar-refractivity contribution is -0.0263. The average molecular weight is 353 g/mol. The van der Waals surface area contributed by atoms with E-state index in [9.17, 15) is 8.42 Å². The molecule has 5 nitrogen and oxygen atoms in total. The Hall–Kier alpha value is -0.950. The zero-order chi connectivity index (χ0) is 17.4. The van der Waals surface area contributed by atoms with Gasteiger partial charge in [0, 0.05) is 32.7 Å². The van der Waals surface area contributed by atoms with Crippen LogP contribution in [0.2, 0.25) is 0 Å². The van der Waals surface area contributed by atoms with Crippen molar-refractivity contribution in [3.63, 3.8) is 0 Å². The van der Waals surface area contributed by atoms with Gasteiger partial charge in [-0.15, -0.1) is 0 Å². The highest BCUT2D eigenvalue weighted by Gasteiger charge is 2.40. The Morgan fingerprint density at radius 3 is 2.25 bits per heavy atom. The van der Waals surface area contributed by atoms with Gasteiger partial charge in [0.25, 0.3) is 0 Å². The molecule has 0 bridgehead atoms. The molecule has 0 spiro atoms. The summed E-state index contributed by atoms with van der Waals surface area (Å²) in [6, 6.07) is 7.36. The van der Waals surface area contributed by atoms with E-state index in [0.717, 1.165) is 19.6 Å². The number of hydrogen-bond acceptors (Lipinski definition) is 4. The van der Waals surface area contributed by atoms with Crippen LogP contribution in [-0.2, 0) is 21.3 Å². The molecule has 0 aliphatic carbocycles. The van der Waals surface area contributed by atoms with Crippen molar-refractivity contribution < 1.29 is 13.2 Å². The number of nitrogens with zero attached hydrogens (tertiary/aromatic N) is 2. The van der Waals surface area contributed by atoms with Crippen LogP contribution in [0.15, 0.2) is 29.2 Å². The molecule has 3 rings (SSSR count). The topological polar surface area (TPSA) is 49.9 Å². The molecule has 2 saturated heterocycles. The number of ether oxygens (including phenoxy) is 1. The summed E-state index contributed by atoms with van der Waals surface area (Å²) in [6.07, 6.45) is 0. The number of sulfonamides is 1. The fourth-order valence-corrected chi connectivity index (χ4v) is 4.82. The first-order chi connectivity index (χ1) is 11.3. The Morgan fingerprint density at radius 1 is 1.12 bits per heavy atom. The van der Waals surface area contributed by atoms with E-state index in [1.807, 2.05) is 12.1 Å². The third-order valence-corrected chi connectivity index (χ3v) is 7.41. The van der Waals surface area contributed by atoms with Crippen LogP contribution in [0.3, 0.4) is 0 Å². The van der Waals surface area contributed by atoms with Crippen molar-refractivity contribution in [1.82, 2.24) is 9.21 Å². The van der Waals surface area contributed by atoms with Crippen molar-refractivity contribution in [2.24, 2.45) is 11.3 Å². The van der Waals surface area contributed by atoms with Gasteiger partial charge >= 0.3 is 0 Å². The molecule has 1 aromatic carbocycles. The van der Waals surface area contributed by atoms with Crippen LogP contribution in [0, 0.1) is 11.3 Å². The highest BCUT2D eigenvalue weighted by atomic mass is 32.2. The lowest BCUT2D eigenvalue weighted by Crippen LogP contribution is -2.56. The predicted molar refractivity (Wildman–Crippen MR) is 94.2 cm³/mol. The lowest BCUT2D eigenvalue weighted by Gasteiger charge is -2.51. The van der Waals surface area contributed by atoms with Gasteiger partial charge in [-0.2, -0.15) is 4.31 Å². The summed E-state index contributed by atoms with van der Waals surface area (Å²) in [6.45, 7) is 11.8. The Labute approximate surface area is 145 Å². The number of likely N-dealkylation sites (tertiary alicyclic amines) is 1.